The Bertz CT molecular complexity index is 181. The summed E-state index contributed by atoms with van der Waals surface area (Å²) in [6.07, 6.45) is 2.23. The summed E-state index contributed by atoms with van der Waals surface area (Å²) in [7, 11) is 3.85. The predicted octanol–water partition coefficient (Wildman–Crippen LogP) is 0.332. The first-order valence-electron chi connectivity index (χ1n) is 4.61. The van der Waals surface area contributed by atoms with Crippen molar-refractivity contribution in [3.8, 4) is 0 Å². The highest BCUT2D eigenvalue weighted by molar-refractivity contribution is 5.81. The van der Waals surface area contributed by atoms with E-state index in [9.17, 15) is 4.79 Å². The van der Waals surface area contributed by atoms with E-state index >= 15 is 0 Å². The Morgan fingerprint density at radius 3 is 2.25 bits per heavy atom. The smallest absolute Gasteiger partial charge is 0.225 e. The van der Waals surface area contributed by atoms with Crippen molar-refractivity contribution < 1.29 is 4.79 Å². The van der Waals surface area contributed by atoms with Gasteiger partial charge >= 0.3 is 0 Å². The van der Waals surface area contributed by atoms with E-state index in [2.05, 4.69) is 7.05 Å². The average Bonchev–Trinajstić information content (AvgIpc) is 2.87. The first kappa shape index (κ1) is 8.05. The highest BCUT2D eigenvalue weighted by Crippen LogP contribution is 2.31. The van der Waals surface area contributed by atoms with Gasteiger partial charge in [0.25, 0.3) is 0 Å². The number of hydrogen-bond acceptors (Lipinski definition) is 2. The Kier molecular flexibility index (Phi) is 2.05. The molecule has 2 aliphatic rings. The fraction of sp³-hybridized carbons (Fsp3) is 0.778. The van der Waals surface area contributed by atoms with Crippen LogP contribution in [0.4, 0.5) is 0 Å². The van der Waals surface area contributed by atoms with Crippen molar-refractivity contribution in [3.63, 3.8) is 0 Å². The molecule has 3 heteroatoms. The molecule has 0 atom stereocenters. The molecule has 1 heterocycles. The van der Waals surface area contributed by atoms with Crippen molar-refractivity contribution in [2.45, 2.75) is 12.8 Å². The topological polar surface area (TPSA) is 23.6 Å². The van der Waals surface area contributed by atoms with E-state index in [0.717, 1.165) is 39.0 Å². The number of carbonyl (C=O) groups excluding carboxylic acids is 1. The predicted molar refractivity (Wildman–Crippen MR) is 46.2 cm³/mol. The molecule has 3 nitrogen and oxygen atoms in total. The quantitative estimate of drug-likeness (QED) is 0.562. The van der Waals surface area contributed by atoms with E-state index < -0.39 is 0 Å². The second kappa shape index (κ2) is 3.05. The summed E-state index contributed by atoms with van der Waals surface area (Å²) in [5.41, 5.74) is 0. The maximum absolute atomic E-state index is 11.6. The molecule has 1 saturated carbocycles. The number of rotatable bonds is 1. The minimum Gasteiger partial charge on any atom is -0.340 e. The minimum absolute atomic E-state index is 0.376. The van der Waals surface area contributed by atoms with Gasteiger partial charge in [0.15, 0.2) is 0 Å². The zero-order valence-electron chi connectivity index (χ0n) is 7.33. The second-order valence-corrected chi connectivity index (χ2v) is 3.72. The van der Waals surface area contributed by atoms with Crippen LogP contribution in [0, 0.1) is 13.0 Å². The molecule has 1 saturated heterocycles. The monoisotopic (exact) mass is 167 g/mol. The molecule has 0 aromatic carbocycles. The Balaban J connectivity index is 1.84. The van der Waals surface area contributed by atoms with Gasteiger partial charge in [-0.2, -0.15) is 0 Å². The van der Waals surface area contributed by atoms with Crippen molar-refractivity contribution in [1.82, 2.24) is 9.80 Å². The van der Waals surface area contributed by atoms with Crippen LogP contribution in [0.1, 0.15) is 12.8 Å². The zero-order chi connectivity index (χ0) is 8.55. The molecule has 1 aliphatic carbocycles. The van der Waals surface area contributed by atoms with E-state index in [-0.39, 0.29) is 0 Å². The molecule has 1 amide bonds. The summed E-state index contributed by atoms with van der Waals surface area (Å²) in [4.78, 5) is 15.6. The number of piperazine rings is 1. The van der Waals surface area contributed by atoms with Gasteiger partial charge in [-0.05, 0) is 12.8 Å². The summed E-state index contributed by atoms with van der Waals surface area (Å²) in [5, 5.41) is 0. The first-order valence-corrected chi connectivity index (χ1v) is 4.61. The maximum atomic E-state index is 11.6. The molecule has 2 fully saturated rings. The lowest BCUT2D eigenvalue weighted by Crippen LogP contribution is -2.46. The first-order chi connectivity index (χ1) is 5.77. The molecule has 0 aromatic heterocycles. The Labute approximate surface area is 73.3 Å². The number of hydrogen-bond donors (Lipinski definition) is 0. The molecule has 1 radical (unpaired) electrons. The fourth-order valence-electron chi connectivity index (χ4n) is 1.56. The van der Waals surface area contributed by atoms with Crippen LogP contribution in [0.3, 0.4) is 0 Å². The average molecular weight is 167 g/mol. The molecule has 1 aliphatic heterocycles. The maximum Gasteiger partial charge on any atom is 0.225 e. The van der Waals surface area contributed by atoms with E-state index in [0.29, 0.717) is 11.8 Å². The van der Waals surface area contributed by atoms with Gasteiger partial charge in [-0.25, -0.2) is 0 Å². The van der Waals surface area contributed by atoms with Crippen LogP contribution >= 0.6 is 0 Å². The van der Waals surface area contributed by atoms with E-state index in [4.69, 9.17) is 0 Å². The van der Waals surface area contributed by atoms with Crippen molar-refractivity contribution >= 4 is 5.91 Å². The van der Waals surface area contributed by atoms with Gasteiger partial charge in [0.1, 0.15) is 0 Å². The molecule has 2 rings (SSSR count). The molecule has 12 heavy (non-hydrogen) atoms. The summed E-state index contributed by atoms with van der Waals surface area (Å²) in [6.45, 7) is 3.61. The van der Waals surface area contributed by atoms with Gasteiger partial charge in [-0.3, -0.25) is 9.69 Å². The van der Waals surface area contributed by atoms with Gasteiger partial charge < -0.3 is 4.90 Å². The van der Waals surface area contributed by atoms with Crippen LogP contribution < -0.4 is 0 Å². The number of nitrogens with zero attached hydrogens (tertiary/aromatic N) is 2. The van der Waals surface area contributed by atoms with Gasteiger partial charge in [-0.1, -0.05) is 0 Å². The molecular formula is C9H15N2O. The van der Waals surface area contributed by atoms with E-state index in [1.165, 1.54) is 0 Å². The fourth-order valence-corrected chi connectivity index (χ4v) is 1.56. The third kappa shape index (κ3) is 1.61. The summed E-state index contributed by atoms with van der Waals surface area (Å²) >= 11 is 0. The molecular weight excluding hydrogens is 152 g/mol. The van der Waals surface area contributed by atoms with Crippen molar-refractivity contribution in [2.24, 2.45) is 5.92 Å². The van der Waals surface area contributed by atoms with E-state index in [1.54, 1.807) is 0 Å². The van der Waals surface area contributed by atoms with Crippen LogP contribution in [0.2, 0.25) is 0 Å². The van der Waals surface area contributed by atoms with Gasteiger partial charge in [0.05, 0.1) is 0 Å². The van der Waals surface area contributed by atoms with Crippen molar-refractivity contribution in [1.29, 1.82) is 0 Å². The van der Waals surface area contributed by atoms with Crippen molar-refractivity contribution in [2.75, 3.05) is 26.2 Å². The SMILES string of the molecule is [CH2]N1CCN(C(=O)C2CC2)CC1. The lowest BCUT2D eigenvalue weighted by Gasteiger charge is -2.32. The summed E-state index contributed by atoms with van der Waals surface area (Å²) < 4.78 is 0. The number of carbonyl (C=O) groups is 1. The number of amides is 1. The van der Waals surface area contributed by atoms with Gasteiger partial charge in [0.2, 0.25) is 5.91 Å². The molecule has 0 bridgehead atoms. The van der Waals surface area contributed by atoms with Gasteiger partial charge in [0, 0.05) is 39.1 Å². The van der Waals surface area contributed by atoms with Crippen LogP contribution in [0.5, 0.6) is 0 Å². The Hall–Kier alpha value is -0.570. The summed E-state index contributed by atoms with van der Waals surface area (Å²) in [6, 6.07) is 0. The summed E-state index contributed by atoms with van der Waals surface area (Å²) in [5.74, 6) is 0.754. The van der Waals surface area contributed by atoms with Crippen molar-refractivity contribution in [3.05, 3.63) is 7.05 Å². The lowest BCUT2D eigenvalue weighted by molar-refractivity contribution is -0.133. The van der Waals surface area contributed by atoms with Crippen LogP contribution in [0.25, 0.3) is 0 Å². The van der Waals surface area contributed by atoms with Crippen LogP contribution in [0.15, 0.2) is 0 Å². The largest absolute Gasteiger partial charge is 0.340 e. The Morgan fingerprint density at radius 2 is 1.75 bits per heavy atom. The second-order valence-electron chi connectivity index (χ2n) is 3.72. The van der Waals surface area contributed by atoms with Gasteiger partial charge in [-0.15, -0.1) is 0 Å². The van der Waals surface area contributed by atoms with E-state index in [1.807, 2.05) is 9.80 Å². The Morgan fingerprint density at radius 1 is 1.17 bits per heavy atom. The molecule has 0 N–H and O–H groups in total. The molecule has 0 aromatic rings. The highest BCUT2D eigenvalue weighted by Gasteiger charge is 2.34. The zero-order valence-corrected chi connectivity index (χ0v) is 7.33. The highest BCUT2D eigenvalue weighted by atomic mass is 16.2. The lowest BCUT2D eigenvalue weighted by atomic mass is 10.3. The molecule has 0 unspecified atom stereocenters. The minimum atomic E-state index is 0.376. The molecule has 67 valence electrons. The standard InChI is InChI=1S/C9H15N2O/c1-10-4-6-11(7-5-10)9(12)8-2-3-8/h8H,1-7H2. The third-order valence-electron chi connectivity index (χ3n) is 2.61. The van der Waals surface area contributed by atoms with Crippen LogP contribution in [-0.4, -0.2) is 41.9 Å². The normalized spacial score (nSPS) is 25.9. The third-order valence-corrected chi connectivity index (χ3v) is 2.61. The molecule has 0 spiro atoms. The van der Waals surface area contributed by atoms with Crippen LogP contribution in [-0.2, 0) is 4.79 Å².